The molecule has 4 rings (SSSR count). The summed E-state index contributed by atoms with van der Waals surface area (Å²) in [6.07, 6.45) is 5.34. The van der Waals surface area contributed by atoms with Crippen molar-refractivity contribution in [3.63, 3.8) is 0 Å². The summed E-state index contributed by atoms with van der Waals surface area (Å²) in [5.41, 5.74) is 3.67. The fourth-order valence-corrected chi connectivity index (χ4v) is 4.20. The lowest BCUT2D eigenvalue weighted by Gasteiger charge is -2.11. The molecular formula is C30H30N2O4S. The SMILES string of the molecule is CCCCOc1ccc(-c2csc(NC(=O)/C=C/c3ccc(OCc4ccccc4)c(OC)c3)n2)cc1. The van der Waals surface area contributed by atoms with Crippen LogP contribution in [0.4, 0.5) is 5.13 Å². The summed E-state index contributed by atoms with van der Waals surface area (Å²) >= 11 is 1.38. The molecule has 0 saturated carbocycles. The van der Waals surface area contributed by atoms with Gasteiger partial charge in [-0.2, -0.15) is 0 Å². The van der Waals surface area contributed by atoms with Gasteiger partial charge in [-0.1, -0.05) is 49.7 Å². The minimum Gasteiger partial charge on any atom is -0.494 e. The number of benzene rings is 3. The van der Waals surface area contributed by atoms with Gasteiger partial charge in [0.1, 0.15) is 12.4 Å². The molecule has 0 spiro atoms. The molecule has 0 fully saturated rings. The highest BCUT2D eigenvalue weighted by Crippen LogP contribution is 2.30. The summed E-state index contributed by atoms with van der Waals surface area (Å²) in [6, 6.07) is 23.3. The van der Waals surface area contributed by atoms with Crippen molar-refractivity contribution in [1.82, 2.24) is 4.98 Å². The fourth-order valence-electron chi connectivity index (χ4n) is 3.48. The van der Waals surface area contributed by atoms with Crippen LogP contribution >= 0.6 is 11.3 Å². The molecule has 0 unspecified atom stereocenters. The molecule has 0 aliphatic heterocycles. The van der Waals surface area contributed by atoms with E-state index in [2.05, 4.69) is 17.2 Å². The van der Waals surface area contributed by atoms with E-state index in [1.807, 2.05) is 78.2 Å². The van der Waals surface area contributed by atoms with E-state index >= 15 is 0 Å². The standard InChI is InChI=1S/C30H30N2O4S/c1-3-4-18-35-25-14-12-24(13-15-25)26-21-37-30(31-26)32-29(33)17-11-22-10-16-27(28(19-22)34-2)36-20-23-8-6-5-7-9-23/h5-17,19,21H,3-4,18,20H2,1-2H3,(H,31,32,33)/b17-11+. The van der Waals surface area contributed by atoms with E-state index in [9.17, 15) is 4.79 Å². The molecular weight excluding hydrogens is 484 g/mol. The van der Waals surface area contributed by atoms with Gasteiger partial charge in [0.2, 0.25) is 5.91 Å². The molecule has 0 atom stereocenters. The largest absolute Gasteiger partial charge is 0.494 e. The molecule has 0 aliphatic carbocycles. The Morgan fingerprint density at radius 2 is 1.81 bits per heavy atom. The van der Waals surface area contributed by atoms with Gasteiger partial charge in [-0.3, -0.25) is 10.1 Å². The van der Waals surface area contributed by atoms with Crippen LogP contribution in [0.1, 0.15) is 30.9 Å². The molecule has 0 aliphatic rings. The number of ether oxygens (including phenoxy) is 3. The van der Waals surface area contributed by atoms with E-state index in [0.29, 0.717) is 23.2 Å². The number of thiazole rings is 1. The lowest BCUT2D eigenvalue weighted by atomic mass is 10.2. The van der Waals surface area contributed by atoms with Gasteiger partial charge in [0, 0.05) is 17.0 Å². The summed E-state index contributed by atoms with van der Waals surface area (Å²) < 4.78 is 17.1. The van der Waals surface area contributed by atoms with Crippen molar-refractivity contribution < 1.29 is 19.0 Å². The first-order valence-corrected chi connectivity index (χ1v) is 13.0. The maximum Gasteiger partial charge on any atom is 0.250 e. The predicted molar refractivity (Wildman–Crippen MR) is 149 cm³/mol. The molecule has 0 saturated heterocycles. The highest BCUT2D eigenvalue weighted by atomic mass is 32.1. The number of anilines is 1. The molecule has 1 amide bonds. The molecule has 190 valence electrons. The van der Waals surface area contributed by atoms with Gasteiger partial charge in [-0.25, -0.2) is 4.98 Å². The van der Waals surface area contributed by atoms with Crippen molar-refractivity contribution in [3.8, 4) is 28.5 Å². The Labute approximate surface area is 221 Å². The van der Waals surface area contributed by atoms with E-state index in [-0.39, 0.29) is 5.91 Å². The summed E-state index contributed by atoms with van der Waals surface area (Å²) in [4.78, 5) is 17.0. The van der Waals surface area contributed by atoms with Crippen LogP contribution in [0.15, 0.2) is 84.3 Å². The van der Waals surface area contributed by atoms with Gasteiger partial charge < -0.3 is 14.2 Å². The van der Waals surface area contributed by atoms with Crippen LogP contribution in [0, 0.1) is 0 Å². The highest BCUT2D eigenvalue weighted by Gasteiger charge is 2.08. The maximum absolute atomic E-state index is 12.5. The summed E-state index contributed by atoms with van der Waals surface area (Å²) in [7, 11) is 1.60. The molecule has 0 radical (unpaired) electrons. The Kier molecular flexibility index (Phi) is 9.32. The monoisotopic (exact) mass is 514 g/mol. The van der Waals surface area contributed by atoms with Crippen molar-refractivity contribution >= 4 is 28.5 Å². The van der Waals surface area contributed by atoms with E-state index in [4.69, 9.17) is 14.2 Å². The molecule has 0 bridgehead atoms. The van der Waals surface area contributed by atoms with E-state index < -0.39 is 0 Å². The maximum atomic E-state index is 12.5. The Bertz CT molecular complexity index is 1320. The summed E-state index contributed by atoms with van der Waals surface area (Å²) in [6.45, 7) is 3.30. The first-order chi connectivity index (χ1) is 18.1. The number of amides is 1. The average molecular weight is 515 g/mol. The van der Waals surface area contributed by atoms with E-state index in [1.54, 1.807) is 13.2 Å². The number of hydrogen-bond acceptors (Lipinski definition) is 6. The first kappa shape index (κ1) is 26.0. The van der Waals surface area contributed by atoms with Gasteiger partial charge in [0.15, 0.2) is 16.6 Å². The minimum absolute atomic E-state index is 0.260. The molecule has 7 heteroatoms. The Hall–Kier alpha value is -4.10. The van der Waals surface area contributed by atoms with Gasteiger partial charge in [-0.15, -0.1) is 11.3 Å². The topological polar surface area (TPSA) is 69.7 Å². The predicted octanol–water partition coefficient (Wildman–Crippen LogP) is 7.23. The van der Waals surface area contributed by atoms with Crippen LogP contribution in [0.2, 0.25) is 0 Å². The Balaban J connectivity index is 1.32. The minimum atomic E-state index is -0.260. The molecule has 1 aromatic heterocycles. The summed E-state index contributed by atoms with van der Waals surface area (Å²) in [5, 5.41) is 5.29. The third-order valence-corrected chi connectivity index (χ3v) is 6.26. The highest BCUT2D eigenvalue weighted by molar-refractivity contribution is 7.14. The second-order valence-electron chi connectivity index (χ2n) is 8.27. The number of rotatable bonds is 12. The quantitative estimate of drug-likeness (QED) is 0.160. The normalized spacial score (nSPS) is 10.9. The molecule has 3 aromatic carbocycles. The van der Waals surface area contributed by atoms with Crippen LogP contribution in [0.5, 0.6) is 17.2 Å². The van der Waals surface area contributed by atoms with Crippen molar-refractivity contribution in [3.05, 3.63) is 95.4 Å². The third kappa shape index (κ3) is 7.69. The lowest BCUT2D eigenvalue weighted by Crippen LogP contribution is -2.07. The fraction of sp³-hybridized carbons (Fsp3) is 0.200. The third-order valence-electron chi connectivity index (χ3n) is 5.50. The molecule has 1 heterocycles. The smallest absolute Gasteiger partial charge is 0.250 e. The average Bonchev–Trinajstić information content (AvgIpc) is 3.40. The van der Waals surface area contributed by atoms with Gasteiger partial charge in [0.25, 0.3) is 0 Å². The van der Waals surface area contributed by atoms with Crippen molar-refractivity contribution in [2.45, 2.75) is 26.4 Å². The second-order valence-corrected chi connectivity index (χ2v) is 9.13. The van der Waals surface area contributed by atoms with E-state index in [1.165, 1.54) is 17.4 Å². The zero-order valence-electron chi connectivity index (χ0n) is 21.0. The number of aromatic nitrogens is 1. The zero-order valence-corrected chi connectivity index (χ0v) is 21.8. The molecule has 6 nitrogen and oxygen atoms in total. The number of hydrogen-bond donors (Lipinski definition) is 1. The van der Waals surface area contributed by atoms with Gasteiger partial charge >= 0.3 is 0 Å². The lowest BCUT2D eigenvalue weighted by molar-refractivity contribution is -0.111. The number of nitrogens with one attached hydrogen (secondary N) is 1. The first-order valence-electron chi connectivity index (χ1n) is 12.2. The van der Waals surface area contributed by atoms with Gasteiger partial charge in [-0.05, 0) is 60.0 Å². The van der Waals surface area contributed by atoms with Crippen LogP contribution in [0.25, 0.3) is 17.3 Å². The molecule has 4 aromatic rings. The molecule has 37 heavy (non-hydrogen) atoms. The zero-order chi connectivity index (χ0) is 25.9. The Morgan fingerprint density at radius 1 is 1.00 bits per heavy atom. The Morgan fingerprint density at radius 3 is 2.57 bits per heavy atom. The number of carbonyl (C=O) groups is 1. The number of carbonyl (C=O) groups excluding carboxylic acids is 1. The number of unbranched alkanes of at least 4 members (excludes halogenated alkanes) is 1. The summed E-state index contributed by atoms with van der Waals surface area (Å²) in [5.74, 6) is 1.83. The van der Waals surface area contributed by atoms with Crippen LogP contribution in [-0.2, 0) is 11.4 Å². The van der Waals surface area contributed by atoms with Crippen LogP contribution in [-0.4, -0.2) is 24.6 Å². The molecule has 1 N–H and O–H groups in total. The van der Waals surface area contributed by atoms with Crippen molar-refractivity contribution in [2.75, 3.05) is 19.0 Å². The number of nitrogens with zero attached hydrogens (tertiary/aromatic N) is 1. The van der Waals surface area contributed by atoms with Gasteiger partial charge in [0.05, 0.1) is 19.4 Å². The van der Waals surface area contributed by atoms with Crippen molar-refractivity contribution in [1.29, 1.82) is 0 Å². The number of methoxy groups -OCH3 is 1. The van der Waals surface area contributed by atoms with Crippen LogP contribution in [0.3, 0.4) is 0 Å². The van der Waals surface area contributed by atoms with E-state index in [0.717, 1.165) is 47.6 Å². The van der Waals surface area contributed by atoms with Crippen LogP contribution < -0.4 is 19.5 Å². The second kappa shape index (κ2) is 13.3. The van der Waals surface area contributed by atoms with Crippen molar-refractivity contribution in [2.24, 2.45) is 0 Å².